The third-order valence-electron chi connectivity index (χ3n) is 2.51. The van der Waals surface area contributed by atoms with E-state index in [2.05, 4.69) is 26.0 Å². The molecule has 0 unspecified atom stereocenters. The number of hydrogen-bond acceptors (Lipinski definition) is 4. The van der Waals surface area contributed by atoms with Crippen LogP contribution in [0.3, 0.4) is 0 Å². The number of primary amides is 1. The van der Waals surface area contributed by atoms with Gasteiger partial charge in [0.05, 0.1) is 9.47 Å². The minimum Gasteiger partial charge on any atom is -0.351 e. The Bertz CT molecular complexity index is 787. The molecule has 0 aliphatic carbocycles. The number of aryl methyl sites for hydroxylation is 1. The predicted octanol–water partition coefficient (Wildman–Crippen LogP) is 3.11. The molecule has 0 saturated heterocycles. The Balaban J connectivity index is 2.28. The van der Waals surface area contributed by atoms with Crippen molar-refractivity contribution in [3.05, 3.63) is 39.0 Å². The molecule has 0 fully saturated rings. The fourth-order valence-electron chi connectivity index (χ4n) is 1.71. The first-order valence-electron chi connectivity index (χ1n) is 5.73. The third kappa shape index (κ3) is 3.96. The molecule has 0 radical (unpaired) electrons. The fourth-order valence-corrected chi connectivity index (χ4v) is 5.18. The maximum atomic E-state index is 12.3. The minimum absolute atomic E-state index is 0.215. The number of sulfonamides is 1. The van der Waals surface area contributed by atoms with Gasteiger partial charge < -0.3 is 11.1 Å². The number of thiophene rings is 1. The van der Waals surface area contributed by atoms with E-state index in [1.165, 1.54) is 17.4 Å². The number of urea groups is 1. The molecule has 9 heteroatoms. The van der Waals surface area contributed by atoms with Crippen molar-refractivity contribution in [3.8, 4) is 0 Å². The molecule has 1 aromatic heterocycles. The maximum absolute atomic E-state index is 12.3. The third-order valence-corrected chi connectivity index (χ3v) is 5.70. The van der Waals surface area contributed by atoms with Gasteiger partial charge in [-0.2, -0.15) is 0 Å². The monoisotopic (exact) mass is 389 g/mol. The van der Waals surface area contributed by atoms with E-state index in [9.17, 15) is 13.2 Å². The Morgan fingerprint density at radius 1 is 1.29 bits per heavy atom. The lowest BCUT2D eigenvalue weighted by Crippen LogP contribution is -2.19. The maximum Gasteiger partial charge on any atom is 0.316 e. The smallest absolute Gasteiger partial charge is 0.316 e. The highest BCUT2D eigenvalue weighted by atomic mass is 79.9. The molecular weight excluding hydrogens is 378 g/mol. The molecule has 4 N–H and O–H groups in total. The van der Waals surface area contributed by atoms with E-state index in [4.69, 9.17) is 5.73 Å². The van der Waals surface area contributed by atoms with Crippen LogP contribution < -0.4 is 15.8 Å². The van der Waals surface area contributed by atoms with E-state index in [0.717, 1.165) is 3.79 Å². The van der Waals surface area contributed by atoms with E-state index in [1.807, 2.05) is 0 Å². The van der Waals surface area contributed by atoms with E-state index in [1.54, 1.807) is 31.2 Å². The number of carbonyl (C=O) groups is 1. The quantitative estimate of drug-likeness (QED) is 0.748. The van der Waals surface area contributed by atoms with Crippen molar-refractivity contribution >= 4 is 54.7 Å². The van der Waals surface area contributed by atoms with E-state index >= 15 is 0 Å². The molecule has 0 aliphatic heterocycles. The summed E-state index contributed by atoms with van der Waals surface area (Å²) in [5, 5.41) is 2.38. The number of anilines is 2. The first-order valence-corrected chi connectivity index (χ1v) is 8.82. The summed E-state index contributed by atoms with van der Waals surface area (Å²) in [6, 6.07) is 7.12. The highest BCUT2D eigenvalue weighted by Crippen LogP contribution is 2.31. The molecule has 21 heavy (non-hydrogen) atoms. The highest BCUT2D eigenvalue weighted by Gasteiger charge is 2.19. The van der Waals surface area contributed by atoms with Crippen LogP contribution in [0.5, 0.6) is 0 Å². The average Bonchev–Trinajstić information content (AvgIpc) is 2.68. The lowest BCUT2D eigenvalue weighted by Gasteiger charge is -2.09. The molecule has 6 nitrogen and oxygen atoms in total. The summed E-state index contributed by atoms with van der Waals surface area (Å²) in [5.74, 6) is 0. The number of halogens is 1. The highest BCUT2D eigenvalue weighted by molar-refractivity contribution is 9.11. The number of nitrogens with one attached hydrogen (secondary N) is 2. The van der Waals surface area contributed by atoms with Crippen LogP contribution in [0.1, 0.15) is 4.88 Å². The Kier molecular flexibility index (Phi) is 4.55. The van der Waals surface area contributed by atoms with Gasteiger partial charge in [-0.3, -0.25) is 4.72 Å². The van der Waals surface area contributed by atoms with Gasteiger partial charge in [0, 0.05) is 10.6 Å². The summed E-state index contributed by atoms with van der Waals surface area (Å²) in [4.78, 5) is 11.7. The molecule has 0 bridgehead atoms. The second-order valence-corrected chi connectivity index (χ2v) is 8.43. The lowest BCUT2D eigenvalue weighted by atomic mass is 10.3. The summed E-state index contributed by atoms with van der Waals surface area (Å²) in [7, 11) is -3.68. The normalized spacial score (nSPS) is 11.1. The van der Waals surface area contributed by atoms with Crippen molar-refractivity contribution in [2.75, 3.05) is 10.0 Å². The van der Waals surface area contributed by atoms with Gasteiger partial charge in [0.1, 0.15) is 4.90 Å². The Labute approximate surface area is 134 Å². The SMILES string of the molecule is Cc1sc(Br)cc1S(=O)(=O)Nc1cccc(NC(N)=O)c1. The first kappa shape index (κ1) is 15.8. The van der Waals surface area contributed by atoms with E-state index in [-0.39, 0.29) is 4.90 Å². The van der Waals surface area contributed by atoms with Gasteiger partial charge in [0.15, 0.2) is 0 Å². The average molecular weight is 390 g/mol. The number of amides is 2. The van der Waals surface area contributed by atoms with Gasteiger partial charge in [-0.1, -0.05) is 6.07 Å². The predicted molar refractivity (Wildman–Crippen MR) is 87.2 cm³/mol. The second kappa shape index (κ2) is 6.04. The Hall–Kier alpha value is -1.58. The minimum atomic E-state index is -3.68. The van der Waals surface area contributed by atoms with Crippen molar-refractivity contribution in [2.24, 2.45) is 5.73 Å². The van der Waals surface area contributed by atoms with Gasteiger partial charge in [-0.15, -0.1) is 11.3 Å². The van der Waals surface area contributed by atoms with Crippen LogP contribution in [0.2, 0.25) is 0 Å². The summed E-state index contributed by atoms with van der Waals surface area (Å²) in [6.45, 7) is 1.73. The van der Waals surface area contributed by atoms with Gasteiger partial charge in [0.25, 0.3) is 10.0 Å². The van der Waals surface area contributed by atoms with Crippen LogP contribution in [-0.2, 0) is 10.0 Å². The molecule has 1 heterocycles. The van der Waals surface area contributed by atoms with Gasteiger partial charge in [0.2, 0.25) is 0 Å². The topological polar surface area (TPSA) is 101 Å². The Morgan fingerprint density at radius 2 is 1.95 bits per heavy atom. The van der Waals surface area contributed by atoms with Gasteiger partial charge >= 0.3 is 6.03 Å². The van der Waals surface area contributed by atoms with Crippen LogP contribution in [0.15, 0.2) is 39.0 Å². The van der Waals surface area contributed by atoms with Crippen molar-refractivity contribution in [1.82, 2.24) is 0 Å². The van der Waals surface area contributed by atoms with Gasteiger partial charge in [-0.25, -0.2) is 13.2 Å². The number of carbonyl (C=O) groups excluding carboxylic acids is 1. The number of nitrogens with two attached hydrogens (primary N) is 1. The van der Waals surface area contributed by atoms with Gasteiger partial charge in [-0.05, 0) is 47.1 Å². The van der Waals surface area contributed by atoms with Crippen LogP contribution in [0, 0.1) is 6.92 Å². The zero-order valence-electron chi connectivity index (χ0n) is 10.9. The largest absolute Gasteiger partial charge is 0.351 e. The van der Waals surface area contributed by atoms with Crippen molar-refractivity contribution in [3.63, 3.8) is 0 Å². The number of rotatable bonds is 4. The zero-order valence-corrected chi connectivity index (χ0v) is 14.1. The summed E-state index contributed by atoms with van der Waals surface area (Å²) >= 11 is 4.61. The number of hydrogen-bond donors (Lipinski definition) is 3. The molecule has 2 rings (SSSR count). The van der Waals surface area contributed by atoms with Crippen molar-refractivity contribution in [2.45, 2.75) is 11.8 Å². The standard InChI is InChI=1S/C12H12BrN3O3S2/c1-7-10(6-11(13)20-7)21(18,19)16-9-4-2-3-8(5-9)15-12(14)17/h2-6,16H,1H3,(H3,14,15,17). The molecule has 2 amide bonds. The summed E-state index contributed by atoms with van der Waals surface area (Å²) < 4.78 is 27.9. The zero-order chi connectivity index (χ0) is 15.6. The fraction of sp³-hybridized carbons (Fsp3) is 0.0833. The molecule has 0 atom stereocenters. The molecule has 1 aromatic carbocycles. The van der Waals surface area contributed by atoms with Crippen LogP contribution in [0.4, 0.5) is 16.2 Å². The van der Waals surface area contributed by atoms with E-state index < -0.39 is 16.1 Å². The van der Waals surface area contributed by atoms with Crippen molar-refractivity contribution in [1.29, 1.82) is 0 Å². The van der Waals surface area contributed by atoms with Crippen LogP contribution in [-0.4, -0.2) is 14.4 Å². The Morgan fingerprint density at radius 3 is 2.52 bits per heavy atom. The molecule has 0 aliphatic rings. The molecule has 0 saturated carbocycles. The summed E-state index contributed by atoms with van der Waals surface area (Å²) in [5.41, 5.74) is 5.77. The lowest BCUT2D eigenvalue weighted by molar-refractivity contribution is 0.259. The molecular formula is C12H12BrN3O3S2. The molecule has 112 valence electrons. The second-order valence-electron chi connectivity index (χ2n) is 4.15. The summed E-state index contributed by atoms with van der Waals surface area (Å²) in [6.07, 6.45) is 0. The molecule has 0 spiro atoms. The van der Waals surface area contributed by atoms with E-state index in [0.29, 0.717) is 16.3 Å². The number of benzene rings is 1. The molecule has 2 aromatic rings. The van der Waals surface area contributed by atoms with Crippen LogP contribution in [0.25, 0.3) is 0 Å². The van der Waals surface area contributed by atoms with Crippen LogP contribution >= 0.6 is 27.3 Å². The van der Waals surface area contributed by atoms with Crippen molar-refractivity contribution < 1.29 is 13.2 Å². The first-order chi connectivity index (χ1) is 9.78.